The summed E-state index contributed by atoms with van der Waals surface area (Å²) in [4.78, 5) is 14.3. The van der Waals surface area contributed by atoms with E-state index in [2.05, 4.69) is 6.92 Å². The zero-order valence-corrected chi connectivity index (χ0v) is 9.69. The topological polar surface area (TPSA) is 46.3 Å². The van der Waals surface area contributed by atoms with E-state index in [-0.39, 0.29) is 5.91 Å². The van der Waals surface area contributed by atoms with Crippen LogP contribution in [0.2, 0.25) is 0 Å². The highest BCUT2D eigenvalue weighted by molar-refractivity contribution is 7.80. The molecule has 80 valence electrons. The van der Waals surface area contributed by atoms with Gasteiger partial charge in [0.05, 0.1) is 10.4 Å². The molecule has 0 bridgehead atoms. The summed E-state index contributed by atoms with van der Waals surface area (Å²) in [6, 6.07) is 0. The van der Waals surface area contributed by atoms with Crippen LogP contribution in [-0.4, -0.2) is 28.9 Å². The zero-order chi connectivity index (χ0) is 10.8. The zero-order valence-electron chi connectivity index (χ0n) is 8.88. The molecule has 4 heteroatoms. The van der Waals surface area contributed by atoms with E-state index in [1.54, 1.807) is 0 Å². The Morgan fingerprint density at radius 2 is 2.07 bits per heavy atom. The standard InChI is InChI=1S/C10H18N2OS/c1-3-7-12(4-2)9(13)10(5-6-10)8(11)14/h3-7H2,1-2H3,(H2,11,14). The summed E-state index contributed by atoms with van der Waals surface area (Å²) in [5, 5.41) is 0. The summed E-state index contributed by atoms with van der Waals surface area (Å²) in [7, 11) is 0. The van der Waals surface area contributed by atoms with E-state index in [4.69, 9.17) is 18.0 Å². The maximum Gasteiger partial charge on any atom is 0.235 e. The Balaban J connectivity index is 2.68. The highest BCUT2D eigenvalue weighted by atomic mass is 32.1. The van der Waals surface area contributed by atoms with Gasteiger partial charge in [-0.15, -0.1) is 0 Å². The first-order valence-electron chi connectivity index (χ1n) is 5.17. The van der Waals surface area contributed by atoms with E-state index in [0.717, 1.165) is 32.4 Å². The minimum absolute atomic E-state index is 0.134. The lowest BCUT2D eigenvalue weighted by Gasteiger charge is -2.25. The number of rotatable bonds is 5. The summed E-state index contributed by atoms with van der Waals surface area (Å²) in [6.07, 6.45) is 2.65. The Hall–Kier alpha value is -0.640. The molecule has 0 radical (unpaired) electrons. The van der Waals surface area contributed by atoms with Crippen molar-refractivity contribution in [2.45, 2.75) is 33.1 Å². The summed E-state index contributed by atoms with van der Waals surface area (Å²) < 4.78 is 0. The lowest BCUT2D eigenvalue weighted by molar-refractivity contribution is -0.134. The average molecular weight is 214 g/mol. The number of hydrogen-bond donors (Lipinski definition) is 1. The predicted molar refractivity (Wildman–Crippen MR) is 61.0 cm³/mol. The number of nitrogens with two attached hydrogens (primary N) is 1. The molecule has 1 aliphatic carbocycles. The van der Waals surface area contributed by atoms with E-state index in [0.29, 0.717) is 4.99 Å². The molecule has 2 N–H and O–H groups in total. The quantitative estimate of drug-likeness (QED) is 0.702. The van der Waals surface area contributed by atoms with Crippen LogP contribution in [0.1, 0.15) is 33.1 Å². The van der Waals surface area contributed by atoms with Crippen LogP contribution in [0.5, 0.6) is 0 Å². The van der Waals surface area contributed by atoms with Crippen molar-refractivity contribution < 1.29 is 4.79 Å². The molecule has 1 fully saturated rings. The molecule has 0 aromatic carbocycles. The molecule has 0 unspecified atom stereocenters. The molecule has 0 spiro atoms. The molecule has 14 heavy (non-hydrogen) atoms. The molecule has 0 heterocycles. The second-order valence-corrected chi connectivity index (χ2v) is 4.27. The van der Waals surface area contributed by atoms with Crippen molar-refractivity contribution in [1.29, 1.82) is 0 Å². The van der Waals surface area contributed by atoms with Gasteiger partial charge in [-0.1, -0.05) is 19.1 Å². The molecule has 0 aliphatic heterocycles. The van der Waals surface area contributed by atoms with Gasteiger partial charge in [-0.2, -0.15) is 0 Å². The smallest absolute Gasteiger partial charge is 0.235 e. The van der Waals surface area contributed by atoms with Crippen molar-refractivity contribution in [2.75, 3.05) is 13.1 Å². The molecular weight excluding hydrogens is 196 g/mol. The lowest BCUT2D eigenvalue weighted by atomic mass is 10.1. The Morgan fingerprint density at radius 1 is 1.50 bits per heavy atom. The number of carbonyl (C=O) groups excluding carboxylic acids is 1. The van der Waals surface area contributed by atoms with Gasteiger partial charge >= 0.3 is 0 Å². The van der Waals surface area contributed by atoms with Gasteiger partial charge in [0.2, 0.25) is 5.91 Å². The van der Waals surface area contributed by atoms with Crippen LogP contribution in [0.15, 0.2) is 0 Å². The second-order valence-electron chi connectivity index (χ2n) is 3.83. The van der Waals surface area contributed by atoms with Crippen LogP contribution in [-0.2, 0) is 4.79 Å². The molecule has 0 saturated heterocycles. The minimum atomic E-state index is -0.472. The maximum atomic E-state index is 12.0. The van der Waals surface area contributed by atoms with Crippen molar-refractivity contribution in [3.63, 3.8) is 0 Å². The Bertz CT molecular complexity index is 249. The molecule has 0 atom stereocenters. The number of amides is 1. The van der Waals surface area contributed by atoms with Crippen LogP contribution in [0, 0.1) is 5.41 Å². The number of thiocarbonyl (C=S) groups is 1. The molecule has 3 nitrogen and oxygen atoms in total. The van der Waals surface area contributed by atoms with Gasteiger partial charge in [0, 0.05) is 13.1 Å². The summed E-state index contributed by atoms with van der Waals surface area (Å²) in [6.45, 7) is 5.61. The minimum Gasteiger partial charge on any atom is -0.392 e. The van der Waals surface area contributed by atoms with E-state index in [1.165, 1.54) is 0 Å². The van der Waals surface area contributed by atoms with Crippen LogP contribution < -0.4 is 5.73 Å². The fourth-order valence-corrected chi connectivity index (χ4v) is 1.96. The van der Waals surface area contributed by atoms with Gasteiger partial charge in [0.15, 0.2) is 0 Å². The van der Waals surface area contributed by atoms with Crippen molar-refractivity contribution >= 4 is 23.1 Å². The predicted octanol–water partition coefficient (Wildman–Crippen LogP) is 1.31. The Morgan fingerprint density at radius 3 is 2.36 bits per heavy atom. The van der Waals surface area contributed by atoms with E-state index in [1.807, 2.05) is 11.8 Å². The third kappa shape index (κ3) is 1.90. The van der Waals surface area contributed by atoms with Gasteiger partial charge in [-0.05, 0) is 26.2 Å². The summed E-state index contributed by atoms with van der Waals surface area (Å²) in [5.74, 6) is 0.134. The van der Waals surface area contributed by atoms with E-state index < -0.39 is 5.41 Å². The van der Waals surface area contributed by atoms with E-state index >= 15 is 0 Å². The Labute approximate surface area is 90.6 Å². The largest absolute Gasteiger partial charge is 0.392 e. The van der Waals surface area contributed by atoms with Gasteiger partial charge in [-0.3, -0.25) is 4.79 Å². The van der Waals surface area contributed by atoms with Crippen molar-refractivity contribution in [3.05, 3.63) is 0 Å². The van der Waals surface area contributed by atoms with Crippen LogP contribution >= 0.6 is 12.2 Å². The fraction of sp³-hybridized carbons (Fsp3) is 0.800. The molecule has 1 saturated carbocycles. The van der Waals surface area contributed by atoms with Crippen molar-refractivity contribution in [3.8, 4) is 0 Å². The van der Waals surface area contributed by atoms with E-state index in [9.17, 15) is 4.79 Å². The number of hydrogen-bond acceptors (Lipinski definition) is 2. The third-order valence-corrected chi connectivity index (χ3v) is 3.18. The second kappa shape index (κ2) is 4.26. The molecule has 0 aromatic heterocycles. The normalized spacial score (nSPS) is 17.6. The van der Waals surface area contributed by atoms with Gasteiger partial charge in [0.1, 0.15) is 0 Å². The average Bonchev–Trinajstić information content (AvgIpc) is 2.93. The molecule has 1 amide bonds. The first-order chi connectivity index (χ1) is 6.58. The monoisotopic (exact) mass is 214 g/mol. The van der Waals surface area contributed by atoms with Crippen LogP contribution in [0.25, 0.3) is 0 Å². The molecule has 1 aliphatic rings. The summed E-state index contributed by atoms with van der Waals surface area (Å²) in [5.41, 5.74) is 5.13. The van der Waals surface area contributed by atoms with Crippen molar-refractivity contribution in [2.24, 2.45) is 11.1 Å². The lowest BCUT2D eigenvalue weighted by Crippen LogP contribution is -2.43. The molecule has 1 rings (SSSR count). The molecule has 0 aromatic rings. The number of nitrogens with zero attached hydrogens (tertiary/aromatic N) is 1. The van der Waals surface area contributed by atoms with Gasteiger partial charge in [0.25, 0.3) is 0 Å². The van der Waals surface area contributed by atoms with Crippen LogP contribution in [0.3, 0.4) is 0 Å². The maximum absolute atomic E-state index is 12.0. The van der Waals surface area contributed by atoms with Crippen molar-refractivity contribution in [1.82, 2.24) is 4.90 Å². The first kappa shape index (κ1) is 11.4. The first-order valence-corrected chi connectivity index (χ1v) is 5.58. The van der Waals surface area contributed by atoms with Gasteiger partial charge in [-0.25, -0.2) is 0 Å². The SMILES string of the molecule is CCCN(CC)C(=O)C1(C(N)=S)CC1. The highest BCUT2D eigenvalue weighted by Gasteiger charge is 2.54. The fourth-order valence-electron chi connectivity index (χ4n) is 1.67. The molecular formula is C10H18N2OS. The van der Waals surface area contributed by atoms with Crippen LogP contribution in [0.4, 0.5) is 0 Å². The summed E-state index contributed by atoms with van der Waals surface area (Å²) >= 11 is 4.95. The third-order valence-electron chi connectivity index (χ3n) is 2.79. The number of carbonyl (C=O) groups is 1. The Kier molecular flexibility index (Phi) is 3.48. The van der Waals surface area contributed by atoms with Gasteiger partial charge < -0.3 is 10.6 Å². The highest BCUT2D eigenvalue weighted by Crippen LogP contribution is 2.47.